The van der Waals surface area contributed by atoms with Gasteiger partial charge in [-0.25, -0.2) is 8.42 Å². The van der Waals surface area contributed by atoms with Gasteiger partial charge >= 0.3 is 0 Å². The number of rotatable bonds is 8. The van der Waals surface area contributed by atoms with Gasteiger partial charge in [-0.1, -0.05) is 50.2 Å². The van der Waals surface area contributed by atoms with Gasteiger partial charge in [0.15, 0.2) is 0 Å². The van der Waals surface area contributed by atoms with Crippen LogP contribution in [0, 0.1) is 17.2 Å². The van der Waals surface area contributed by atoms with E-state index in [1.54, 1.807) is 16.6 Å². The zero-order chi connectivity index (χ0) is 20.9. The van der Waals surface area contributed by atoms with Crippen molar-refractivity contribution < 1.29 is 8.42 Å². The van der Waals surface area contributed by atoms with E-state index in [2.05, 4.69) is 11.1 Å². The molecule has 0 fully saturated rings. The number of hydrogen-bond donors (Lipinski definition) is 0. The highest BCUT2D eigenvalue weighted by molar-refractivity contribution is 7.88. The van der Waals surface area contributed by atoms with Gasteiger partial charge in [0.2, 0.25) is 10.0 Å². The second-order valence-corrected chi connectivity index (χ2v) is 10.1. The topological polar surface area (TPSA) is 74.1 Å². The SMILES string of the molecule is CC(C)CN(C(c1cncc(C#N)c1)c1cccs1)S(=O)(=O)Cc1ccccc1. The number of nitriles is 1. The first-order chi connectivity index (χ1) is 13.9. The third-order valence-corrected chi connectivity index (χ3v) is 7.10. The van der Waals surface area contributed by atoms with Crippen molar-refractivity contribution in [3.63, 3.8) is 0 Å². The third-order valence-electron chi connectivity index (χ3n) is 4.40. The number of benzene rings is 1. The molecule has 3 aromatic rings. The Kier molecular flexibility index (Phi) is 6.80. The Bertz CT molecular complexity index is 1070. The lowest BCUT2D eigenvalue weighted by atomic mass is 10.0. The Labute approximate surface area is 176 Å². The van der Waals surface area contributed by atoms with Crippen molar-refractivity contribution in [1.82, 2.24) is 9.29 Å². The molecule has 0 N–H and O–H groups in total. The van der Waals surface area contributed by atoms with Crippen molar-refractivity contribution in [3.8, 4) is 6.07 Å². The fraction of sp³-hybridized carbons (Fsp3) is 0.273. The zero-order valence-electron chi connectivity index (χ0n) is 16.4. The average molecular weight is 426 g/mol. The maximum Gasteiger partial charge on any atom is 0.219 e. The Morgan fingerprint density at radius 2 is 1.90 bits per heavy atom. The smallest absolute Gasteiger partial charge is 0.219 e. The van der Waals surface area contributed by atoms with Gasteiger partial charge in [-0.05, 0) is 34.6 Å². The fourth-order valence-electron chi connectivity index (χ4n) is 3.19. The van der Waals surface area contributed by atoms with Crippen LogP contribution in [-0.2, 0) is 15.8 Å². The molecule has 5 nitrogen and oxygen atoms in total. The number of nitrogens with zero attached hydrogens (tertiary/aromatic N) is 3. The van der Waals surface area contributed by atoms with Crippen molar-refractivity contribution >= 4 is 21.4 Å². The minimum Gasteiger partial charge on any atom is -0.263 e. The zero-order valence-corrected chi connectivity index (χ0v) is 18.0. The maximum absolute atomic E-state index is 13.5. The first kappa shape index (κ1) is 21.2. The molecule has 29 heavy (non-hydrogen) atoms. The summed E-state index contributed by atoms with van der Waals surface area (Å²) in [5.41, 5.74) is 1.85. The first-order valence-corrected chi connectivity index (χ1v) is 11.8. The van der Waals surface area contributed by atoms with E-state index in [9.17, 15) is 13.7 Å². The summed E-state index contributed by atoms with van der Waals surface area (Å²) in [7, 11) is -3.63. The largest absolute Gasteiger partial charge is 0.263 e. The molecule has 1 aromatic carbocycles. The van der Waals surface area contributed by atoms with E-state index in [4.69, 9.17) is 0 Å². The predicted octanol–water partition coefficient (Wildman–Crippen LogP) is 4.59. The minimum absolute atomic E-state index is 0.0756. The lowest BCUT2D eigenvalue weighted by molar-refractivity contribution is 0.325. The summed E-state index contributed by atoms with van der Waals surface area (Å²) in [6.45, 7) is 4.37. The van der Waals surface area contributed by atoms with Gasteiger partial charge in [0, 0.05) is 23.8 Å². The van der Waals surface area contributed by atoms with Crippen molar-refractivity contribution in [3.05, 3.63) is 87.9 Å². The van der Waals surface area contributed by atoms with Crippen LogP contribution in [-0.4, -0.2) is 24.3 Å². The number of hydrogen-bond acceptors (Lipinski definition) is 5. The average Bonchev–Trinajstić information content (AvgIpc) is 3.22. The van der Waals surface area contributed by atoms with Gasteiger partial charge in [0.1, 0.15) is 6.07 Å². The molecular weight excluding hydrogens is 402 g/mol. The lowest BCUT2D eigenvalue weighted by Gasteiger charge is -2.32. The van der Waals surface area contributed by atoms with Crippen molar-refractivity contribution in [1.29, 1.82) is 5.26 Å². The summed E-state index contributed by atoms with van der Waals surface area (Å²) in [5.74, 6) is 0.0588. The van der Waals surface area contributed by atoms with Crippen LogP contribution >= 0.6 is 11.3 Å². The van der Waals surface area contributed by atoms with E-state index in [1.807, 2.05) is 61.7 Å². The molecule has 1 atom stereocenters. The molecule has 0 aliphatic carbocycles. The van der Waals surface area contributed by atoms with Gasteiger partial charge in [-0.15, -0.1) is 11.3 Å². The van der Waals surface area contributed by atoms with Gasteiger partial charge in [0.05, 0.1) is 17.4 Å². The summed E-state index contributed by atoms with van der Waals surface area (Å²) in [6.07, 6.45) is 3.14. The molecule has 0 radical (unpaired) electrons. The highest BCUT2D eigenvalue weighted by Gasteiger charge is 2.34. The number of aromatic nitrogens is 1. The molecule has 2 aromatic heterocycles. The molecule has 0 amide bonds. The van der Waals surface area contributed by atoms with Crippen LogP contribution in [0.5, 0.6) is 0 Å². The molecule has 0 saturated heterocycles. The molecule has 0 bridgehead atoms. The molecular formula is C22H23N3O2S2. The van der Waals surface area contributed by atoms with Crippen LogP contribution in [0.1, 0.15) is 41.5 Å². The predicted molar refractivity (Wildman–Crippen MR) is 116 cm³/mol. The highest BCUT2D eigenvalue weighted by atomic mass is 32.2. The van der Waals surface area contributed by atoms with Crippen molar-refractivity contribution in [2.24, 2.45) is 5.92 Å². The minimum atomic E-state index is -3.63. The Morgan fingerprint density at radius 3 is 2.52 bits per heavy atom. The summed E-state index contributed by atoms with van der Waals surface area (Å²) < 4.78 is 28.7. The van der Waals surface area contributed by atoms with Crippen LogP contribution in [0.15, 0.2) is 66.3 Å². The van der Waals surface area contributed by atoms with E-state index >= 15 is 0 Å². The lowest BCUT2D eigenvalue weighted by Crippen LogP contribution is -2.38. The first-order valence-electron chi connectivity index (χ1n) is 9.32. The summed E-state index contributed by atoms with van der Waals surface area (Å²) in [4.78, 5) is 5.08. The van der Waals surface area contributed by atoms with E-state index in [0.29, 0.717) is 17.7 Å². The third kappa shape index (κ3) is 5.30. The van der Waals surface area contributed by atoms with Crippen molar-refractivity contribution in [2.75, 3.05) is 6.54 Å². The molecule has 0 aliphatic rings. The van der Waals surface area contributed by atoms with Crippen molar-refractivity contribution in [2.45, 2.75) is 25.6 Å². The molecule has 0 saturated carbocycles. The fourth-order valence-corrected chi connectivity index (χ4v) is 5.99. The van der Waals surface area contributed by atoms with Crippen LogP contribution in [0.2, 0.25) is 0 Å². The number of pyridine rings is 1. The molecule has 7 heteroatoms. The van der Waals surface area contributed by atoms with Crippen LogP contribution in [0.3, 0.4) is 0 Å². The van der Waals surface area contributed by atoms with Gasteiger partial charge < -0.3 is 0 Å². The maximum atomic E-state index is 13.5. The van der Waals surface area contributed by atoms with E-state index in [-0.39, 0.29) is 11.7 Å². The second kappa shape index (κ2) is 9.31. The van der Waals surface area contributed by atoms with Gasteiger partial charge in [-0.2, -0.15) is 9.57 Å². The summed E-state index contributed by atoms with van der Waals surface area (Å²) >= 11 is 1.50. The van der Waals surface area contributed by atoms with Crippen LogP contribution in [0.4, 0.5) is 0 Å². The van der Waals surface area contributed by atoms with Gasteiger partial charge in [-0.3, -0.25) is 4.98 Å². The van der Waals surface area contributed by atoms with Crippen LogP contribution in [0.25, 0.3) is 0 Å². The Morgan fingerprint density at radius 1 is 1.14 bits per heavy atom. The summed E-state index contributed by atoms with van der Waals surface area (Å²) in [5, 5.41) is 11.2. The molecule has 3 rings (SSSR count). The Hall–Kier alpha value is -2.53. The highest BCUT2D eigenvalue weighted by Crippen LogP contribution is 2.35. The van der Waals surface area contributed by atoms with E-state index in [1.165, 1.54) is 17.5 Å². The van der Waals surface area contributed by atoms with E-state index < -0.39 is 16.1 Å². The molecule has 1 unspecified atom stereocenters. The Balaban J connectivity index is 2.10. The molecule has 0 spiro atoms. The number of thiophene rings is 1. The second-order valence-electron chi connectivity index (χ2n) is 7.24. The normalized spacial score (nSPS) is 12.8. The van der Waals surface area contributed by atoms with Crippen LogP contribution < -0.4 is 0 Å². The molecule has 150 valence electrons. The monoisotopic (exact) mass is 425 g/mol. The number of sulfonamides is 1. The molecule has 2 heterocycles. The quantitative estimate of drug-likeness (QED) is 0.529. The molecule has 0 aliphatic heterocycles. The van der Waals surface area contributed by atoms with E-state index in [0.717, 1.165) is 10.4 Å². The van der Waals surface area contributed by atoms with Gasteiger partial charge in [0.25, 0.3) is 0 Å². The summed E-state index contributed by atoms with van der Waals surface area (Å²) in [6, 6.07) is 16.3. The standard InChI is InChI=1S/C22H23N3O2S2/c1-17(2)15-25(29(26,27)16-18-7-4-3-5-8-18)22(21-9-6-10-28-21)20-11-19(12-23)13-24-14-20/h3-11,13-14,17,22H,15-16H2,1-2H3.